The van der Waals surface area contributed by atoms with Crippen LogP contribution in [0, 0.1) is 13.8 Å². The number of aromatic nitrogens is 1. The smallest absolute Gasteiger partial charge is 0.224 e. The Balaban J connectivity index is 1.43. The first-order chi connectivity index (χ1) is 14.6. The second-order valence-corrected chi connectivity index (χ2v) is 8.60. The number of carbonyl (C=O) groups excluding carboxylic acids is 1. The molecule has 2 heterocycles. The average molecular weight is 429 g/mol. The van der Waals surface area contributed by atoms with Gasteiger partial charge in [-0.1, -0.05) is 18.2 Å². The molecular formula is C22H32N6OS. The van der Waals surface area contributed by atoms with Crippen LogP contribution in [0.1, 0.15) is 28.9 Å². The van der Waals surface area contributed by atoms with E-state index in [2.05, 4.69) is 49.8 Å². The molecule has 0 unspecified atom stereocenters. The van der Waals surface area contributed by atoms with Crippen LogP contribution in [0.15, 0.2) is 35.3 Å². The maximum atomic E-state index is 12.6. The second-order valence-electron chi connectivity index (χ2n) is 7.32. The van der Waals surface area contributed by atoms with E-state index < -0.39 is 0 Å². The van der Waals surface area contributed by atoms with Crippen molar-refractivity contribution in [2.24, 2.45) is 4.99 Å². The van der Waals surface area contributed by atoms with Crippen LogP contribution in [0.2, 0.25) is 0 Å². The van der Waals surface area contributed by atoms with Crippen LogP contribution < -0.4 is 15.5 Å². The summed E-state index contributed by atoms with van der Waals surface area (Å²) in [4.78, 5) is 27.2. The number of benzene rings is 1. The van der Waals surface area contributed by atoms with Gasteiger partial charge in [0.1, 0.15) is 0 Å². The third-order valence-electron chi connectivity index (χ3n) is 5.11. The third-order valence-corrected chi connectivity index (χ3v) is 6.17. The zero-order valence-electron chi connectivity index (χ0n) is 18.1. The van der Waals surface area contributed by atoms with Crippen molar-refractivity contribution in [3.05, 3.63) is 45.9 Å². The van der Waals surface area contributed by atoms with E-state index in [-0.39, 0.29) is 5.91 Å². The molecule has 2 N–H and O–H groups in total. The highest BCUT2D eigenvalue weighted by Gasteiger charge is 2.20. The summed E-state index contributed by atoms with van der Waals surface area (Å²) in [5.74, 6) is 0.935. The first-order valence-corrected chi connectivity index (χ1v) is 11.4. The highest BCUT2D eigenvalue weighted by Crippen LogP contribution is 2.18. The number of amides is 1. The molecule has 1 aliphatic heterocycles. The molecule has 0 saturated carbocycles. The van der Waals surface area contributed by atoms with Gasteiger partial charge in [-0.3, -0.25) is 4.79 Å². The van der Waals surface area contributed by atoms with Crippen molar-refractivity contribution >= 4 is 28.9 Å². The van der Waals surface area contributed by atoms with Crippen LogP contribution in [0.25, 0.3) is 0 Å². The van der Waals surface area contributed by atoms with Gasteiger partial charge in [0, 0.05) is 56.3 Å². The number of carbonyl (C=O) groups is 1. The number of nitrogens with zero attached hydrogens (tertiary/aromatic N) is 4. The molecule has 1 aliphatic rings. The van der Waals surface area contributed by atoms with E-state index in [9.17, 15) is 4.79 Å². The number of thiazole rings is 1. The van der Waals surface area contributed by atoms with Crippen molar-refractivity contribution in [1.29, 1.82) is 0 Å². The zero-order chi connectivity index (χ0) is 21.3. The van der Waals surface area contributed by atoms with Gasteiger partial charge in [0.05, 0.1) is 17.2 Å². The third kappa shape index (κ3) is 6.19. The minimum Gasteiger partial charge on any atom is -0.368 e. The Bertz CT molecular complexity index is 843. The highest BCUT2D eigenvalue weighted by molar-refractivity contribution is 7.11. The van der Waals surface area contributed by atoms with Crippen molar-refractivity contribution in [1.82, 2.24) is 20.5 Å². The molecule has 1 amide bonds. The van der Waals surface area contributed by atoms with Gasteiger partial charge in [0.25, 0.3) is 0 Å². The predicted octanol–water partition coefficient (Wildman–Crippen LogP) is 2.55. The Kier molecular flexibility index (Phi) is 8.07. The number of aliphatic imine (C=N–C) groups is 1. The van der Waals surface area contributed by atoms with Gasteiger partial charge in [0.2, 0.25) is 5.91 Å². The van der Waals surface area contributed by atoms with Gasteiger partial charge in [-0.05, 0) is 32.9 Å². The van der Waals surface area contributed by atoms with Gasteiger partial charge in [-0.25, -0.2) is 9.98 Å². The predicted molar refractivity (Wildman–Crippen MR) is 124 cm³/mol. The Morgan fingerprint density at radius 2 is 1.87 bits per heavy atom. The van der Waals surface area contributed by atoms with E-state index in [0.29, 0.717) is 19.5 Å². The Labute approximate surface area is 183 Å². The summed E-state index contributed by atoms with van der Waals surface area (Å²) in [5, 5.41) is 7.60. The molecule has 1 saturated heterocycles. The van der Waals surface area contributed by atoms with Crippen LogP contribution in [0.3, 0.4) is 0 Å². The number of piperazine rings is 1. The number of rotatable bonds is 7. The van der Waals surface area contributed by atoms with Gasteiger partial charge in [-0.2, -0.15) is 0 Å². The fraction of sp³-hybridized carbons (Fsp3) is 0.500. The molecule has 0 bridgehead atoms. The van der Waals surface area contributed by atoms with Crippen molar-refractivity contribution < 1.29 is 4.79 Å². The van der Waals surface area contributed by atoms with Crippen molar-refractivity contribution in [2.45, 2.75) is 33.7 Å². The quantitative estimate of drug-likeness (QED) is 0.524. The Morgan fingerprint density at radius 3 is 2.50 bits per heavy atom. The second kappa shape index (κ2) is 11.0. The van der Waals surface area contributed by atoms with Crippen molar-refractivity contribution in [3.8, 4) is 0 Å². The molecule has 0 aliphatic carbocycles. The summed E-state index contributed by atoms with van der Waals surface area (Å²) >= 11 is 1.68. The lowest BCUT2D eigenvalue weighted by molar-refractivity contribution is -0.131. The van der Waals surface area contributed by atoms with Crippen LogP contribution in [0.4, 0.5) is 5.69 Å². The Hall–Kier alpha value is -2.61. The topological polar surface area (TPSA) is 72.9 Å². The van der Waals surface area contributed by atoms with Crippen LogP contribution in [0.5, 0.6) is 0 Å². The molecule has 7 nitrogen and oxygen atoms in total. The Morgan fingerprint density at radius 1 is 1.13 bits per heavy atom. The molecule has 3 rings (SSSR count). The minimum absolute atomic E-state index is 0.194. The van der Waals surface area contributed by atoms with Gasteiger partial charge in [-0.15, -0.1) is 11.3 Å². The summed E-state index contributed by atoms with van der Waals surface area (Å²) in [6, 6.07) is 10.4. The molecular weight excluding hydrogens is 396 g/mol. The number of guanidine groups is 1. The lowest BCUT2D eigenvalue weighted by atomic mass is 10.2. The average Bonchev–Trinajstić information content (AvgIpc) is 3.09. The standard InChI is InChI=1S/C22H32N6OS/c1-4-23-22(25-16-20-17(2)26-18(3)30-20)24-11-10-21(29)28-14-12-27(13-15-28)19-8-6-5-7-9-19/h5-9H,4,10-16H2,1-3H3,(H2,23,24,25). The molecule has 1 aromatic heterocycles. The van der Waals surface area contributed by atoms with E-state index >= 15 is 0 Å². The fourth-order valence-electron chi connectivity index (χ4n) is 3.51. The van der Waals surface area contributed by atoms with Crippen molar-refractivity contribution in [3.63, 3.8) is 0 Å². The molecule has 1 fully saturated rings. The molecule has 8 heteroatoms. The molecule has 0 radical (unpaired) electrons. The number of anilines is 1. The first kappa shape index (κ1) is 22.1. The number of aryl methyl sites for hydroxylation is 2. The van der Waals surface area contributed by atoms with E-state index in [1.54, 1.807) is 11.3 Å². The number of nitrogens with one attached hydrogen (secondary N) is 2. The summed E-state index contributed by atoms with van der Waals surface area (Å²) in [7, 11) is 0. The lowest BCUT2D eigenvalue weighted by Gasteiger charge is -2.36. The van der Waals surface area contributed by atoms with Gasteiger partial charge >= 0.3 is 0 Å². The minimum atomic E-state index is 0.194. The molecule has 0 atom stereocenters. The normalized spacial score (nSPS) is 14.7. The highest BCUT2D eigenvalue weighted by atomic mass is 32.1. The number of hydrogen-bond donors (Lipinski definition) is 2. The number of hydrogen-bond acceptors (Lipinski definition) is 5. The van der Waals surface area contributed by atoms with E-state index in [1.165, 1.54) is 10.6 Å². The lowest BCUT2D eigenvalue weighted by Crippen LogP contribution is -2.49. The van der Waals surface area contributed by atoms with Crippen LogP contribution >= 0.6 is 11.3 Å². The largest absolute Gasteiger partial charge is 0.368 e. The van der Waals surface area contributed by atoms with Gasteiger partial charge < -0.3 is 20.4 Å². The molecule has 0 spiro atoms. The molecule has 162 valence electrons. The summed E-state index contributed by atoms with van der Waals surface area (Å²) in [5.41, 5.74) is 2.27. The van der Waals surface area contributed by atoms with Crippen LogP contribution in [-0.2, 0) is 11.3 Å². The molecule has 30 heavy (non-hydrogen) atoms. The summed E-state index contributed by atoms with van der Waals surface area (Å²) in [6.45, 7) is 11.3. The maximum Gasteiger partial charge on any atom is 0.224 e. The van der Waals surface area contributed by atoms with E-state index in [4.69, 9.17) is 0 Å². The number of para-hydroxylation sites is 1. The van der Waals surface area contributed by atoms with Crippen molar-refractivity contribution in [2.75, 3.05) is 44.2 Å². The summed E-state index contributed by atoms with van der Waals surface area (Å²) in [6.07, 6.45) is 0.467. The van der Waals surface area contributed by atoms with E-state index in [0.717, 1.165) is 49.4 Å². The zero-order valence-corrected chi connectivity index (χ0v) is 19.0. The summed E-state index contributed by atoms with van der Waals surface area (Å²) < 4.78 is 0. The SMILES string of the molecule is CCNC(=NCc1sc(C)nc1C)NCCC(=O)N1CCN(c2ccccc2)CC1. The fourth-order valence-corrected chi connectivity index (χ4v) is 4.37. The first-order valence-electron chi connectivity index (χ1n) is 10.6. The van der Waals surface area contributed by atoms with E-state index in [1.807, 2.05) is 31.7 Å². The van der Waals surface area contributed by atoms with Gasteiger partial charge in [0.15, 0.2) is 5.96 Å². The molecule has 1 aromatic carbocycles. The monoisotopic (exact) mass is 428 g/mol. The van der Waals surface area contributed by atoms with Crippen LogP contribution in [-0.4, -0.2) is 61.0 Å². The maximum absolute atomic E-state index is 12.6. The molecule has 2 aromatic rings.